The lowest BCUT2D eigenvalue weighted by Gasteiger charge is -2.07. The van der Waals surface area contributed by atoms with Crippen molar-refractivity contribution < 1.29 is 14.6 Å². The molecule has 0 aliphatic rings. The molecule has 0 bridgehead atoms. The molecule has 0 aromatic heterocycles. The van der Waals surface area contributed by atoms with Crippen LogP contribution in [0.15, 0.2) is 30.3 Å². The van der Waals surface area contributed by atoms with Gasteiger partial charge in [-0.05, 0) is 24.3 Å². The van der Waals surface area contributed by atoms with Crippen molar-refractivity contribution in [2.24, 2.45) is 0 Å². The minimum Gasteiger partial charge on any atom is -0.484 e. The predicted octanol–water partition coefficient (Wildman–Crippen LogP) is 1.30. The molecule has 1 aromatic rings. The lowest BCUT2D eigenvalue weighted by molar-refractivity contribution is -0.122. The smallest absolute Gasteiger partial charge is 0.257 e. The lowest BCUT2D eigenvalue weighted by atomic mass is 10.3. The molecule has 100 valence electrons. The van der Waals surface area contributed by atoms with Crippen molar-refractivity contribution in [2.75, 3.05) is 31.3 Å². The third-order valence-electron chi connectivity index (χ3n) is 2.13. The molecule has 0 radical (unpaired) electrons. The van der Waals surface area contributed by atoms with Crippen molar-refractivity contribution in [3.8, 4) is 5.75 Å². The minimum atomic E-state index is -0.110. The normalized spacial score (nSPS) is 10.1. The zero-order valence-corrected chi connectivity index (χ0v) is 11.1. The number of aliphatic hydroxyl groups is 1. The summed E-state index contributed by atoms with van der Waals surface area (Å²) in [5.74, 6) is 2.37. The van der Waals surface area contributed by atoms with Gasteiger partial charge >= 0.3 is 0 Å². The monoisotopic (exact) mass is 269 g/mol. The maximum absolute atomic E-state index is 11.4. The van der Waals surface area contributed by atoms with Crippen LogP contribution in [0.4, 0.5) is 0 Å². The number of rotatable bonds is 9. The van der Waals surface area contributed by atoms with Gasteiger partial charge in [0, 0.05) is 18.9 Å². The van der Waals surface area contributed by atoms with E-state index in [0.717, 1.165) is 17.9 Å². The summed E-state index contributed by atoms with van der Waals surface area (Å²) in [5.41, 5.74) is 0. The maximum Gasteiger partial charge on any atom is 0.257 e. The van der Waals surface area contributed by atoms with Gasteiger partial charge in [-0.1, -0.05) is 18.2 Å². The molecule has 1 amide bonds. The zero-order chi connectivity index (χ0) is 13.1. The maximum atomic E-state index is 11.4. The summed E-state index contributed by atoms with van der Waals surface area (Å²) in [7, 11) is 0. The summed E-state index contributed by atoms with van der Waals surface area (Å²) >= 11 is 1.72. The molecule has 0 fully saturated rings. The minimum absolute atomic E-state index is 0.0469. The van der Waals surface area contributed by atoms with Gasteiger partial charge in [-0.2, -0.15) is 11.8 Å². The van der Waals surface area contributed by atoms with Crippen molar-refractivity contribution in [3.05, 3.63) is 30.3 Å². The third kappa shape index (κ3) is 7.19. The van der Waals surface area contributed by atoms with Crippen LogP contribution in [0.1, 0.15) is 6.42 Å². The van der Waals surface area contributed by atoms with E-state index in [9.17, 15) is 4.79 Å². The van der Waals surface area contributed by atoms with Crippen LogP contribution < -0.4 is 10.1 Å². The third-order valence-corrected chi connectivity index (χ3v) is 3.20. The summed E-state index contributed by atoms with van der Waals surface area (Å²) in [6.45, 7) is 0.905. The van der Waals surface area contributed by atoms with Crippen molar-refractivity contribution in [1.29, 1.82) is 0 Å². The van der Waals surface area contributed by atoms with E-state index in [-0.39, 0.29) is 19.1 Å². The van der Waals surface area contributed by atoms with Gasteiger partial charge in [0.2, 0.25) is 0 Å². The molecular weight excluding hydrogens is 250 g/mol. The fourth-order valence-corrected chi connectivity index (χ4v) is 2.03. The van der Waals surface area contributed by atoms with E-state index in [1.807, 2.05) is 30.3 Å². The Labute approximate surface area is 112 Å². The molecule has 0 saturated carbocycles. The van der Waals surface area contributed by atoms with Crippen molar-refractivity contribution >= 4 is 17.7 Å². The van der Waals surface area contributed by atoms with Crippen LogP contribution in [0.2, 0.25) is 0 Å². The topological polar surface area (TPSA) is 58.6 Å². The average molecular weight is 269 g/mol. The largest absolute Gasteiger partial charge is 0.484 e. The predicted molar refractivity (Wildman–Crippen MR) is 74.0 cm³/mol. The van der Waals surface area contributed by atoms with Gasteiger partial charge in [0.25, 0.3) is 5.91 Å². The number of ether oxygens (including phenoxy) is 1. The van der Waals surface area contributed by atoms with Gasteiger partial charge in [0.1, 0.15) is 5.75 Å². The van der Waals surface area contributed by atoms with Gasteiger partial charge in [-0.15, -0.1) is 0 Å². The van der Waals surface area contributed by atoms with Gasteiger partial charge < -0.3 is 15.2 Å². The summed E-state index contributed by atoms with van der Waals surface area (Å²) in [6.07, 6.45) is 0.801. The first kappa shape index (κ1) is 14.9. The van der Waals surface area contributed by atoms with Crippen LogP contribution in [0.25, 0.3) is 0 Å². The van der Waals surface area contributed by atoms with Gasteiger partial charge in [0.15, 0.2) is 6.61 Å². The Morgan fingerprint density at radius 2 is 2.06 bits per heavy atom. The molecule has 0 aliphatic carbocycles. The van der Waals surface area contributed by atoms with Gasteiger partial charge in [0.05, 0.1) is 0 Å². The first-order chi connectivity index (χ1) is 8.83. The number of hydrogen-bond acceptors (Lipinski definition) is 4. The number of amides is 1. The number of thioether (sulfide) groups is 1. The zero-order valence-electron chi connectivity index (χ0n) is 10.3. The Hall–Kier alpha value is -1.20. The second-order valence-corrected chi connectivity index (χ2v) is 4.87. The number of aliphatic hydroxyl groups excluding tert-OH is 1. The molecule has 1 aromatic carbocycles. The van der Waals surface area contributed by atoms with Crippen LogP contribution in [0.5, 0.6) is 5.75 Å². The van der Waals surface area contributed by atoms with Crippen LogP contribution in [-0.2, 0) is 4.79 Å². The highest BCUT2D eigenvalue weighted by molar-refractivity contribution is 7.99. The molecule has 1 rings (SSSR count). The fourth-order valence-electron chi connectivity index (χ4n) is 1.25. The Balaban J connectivity index is 2.01. The lowest BCUT2D eigenvalue weighted by Crippen LogP contribution is -2.30. The van der Waals surface area contributed by atoms with Crippen molar-refractivity contribution in [1.82, 2.24) is 5.32 Å². The van der Waals surface area contributed by atoms with Crippen LogP contribution in [0.3, 0.4) is 0 Å². The number of hydrogen-bond donors (Lipinski definition) is 2. The molecule has 0 heterocycles. The summed E-state index contributed by atoms with van der Waals surface area (Å²) in [6, 6.07) is 9.27. The van der Waals surface area contributed by atoms with Crippen molar-refractivity contribution in [2.45, 2.75) is 6.42 Å². The highest BCUT2D eigenvalue weighted by Crippen LogP contribution is 2.07. The van der Waals surface area contributed by atoms with E-state index < -0.39 is 0 Å². The fraction of sp³-hybridized carbons (Fsp3) is 0.462. The second-order valence-electron chi connectivity index (χ2n) is 3.64. The number of benzene rings is 1. The summed E-state index contributed by atoms with van der Waals surface area (Å²) < 4.78 is 5.31. The standard InChI is InChI=1S/C13H19NO3S/c15-8-4-9-18-10-7-14-13(16)11-17-12-5-2-1-3-6-12/h1-3,5-6,15H,4,7-11H2,(H,14,16). The summed E-state index contributed by atoms with van der Waals surface area (Å²) in [4.78, 5) is 11.4. The molecule has 0 saturated heterocycles. The average Bonchev–Trinajstić information content (AvgIpc) is 2.41. The molecule has 5 heteroatoms. The van der Waals surface area contributed by atoms with E-state index >= 15 is 0 Å². The van der Waals surface area contributed by atoms with Crippen LogP contribution in [0, 0.1) is 0 Å². The number of para-hydroxylation sites is 1. The van der Waals surface area contributed by atoms with Crippen LogP contribution >= 0.6 is 11.8 Å². The number of carbonyl (C=O) groups is 1. The molecule has 0 aliphatic heterocycles. The SMILES string of the molecule is O=C(COc1ccccc1)NCCSCCCO. The Morgan fingerprint density at radius 1 is 1.28 bits per heavy atom. The number of carbonyl (C=O) groups excluding carboxylic acids is 1. The first-order valence-corrected chi connectivity index (χ1v) is 7.11. The molecule has 0 unspecified atom stereocenters. The van der Waals surface area contributed by atoms with E-state index in [1.165, 1.54) is 0 Å². The Bertz CT molecular complexity index is 332. The molecule has 2 N–H and O–H groups in total. The highest BCUT2D eigenvalue weighted by atomic mass is 32.2. The summed E-state index contributed by atoms with van der Waals surface area (Å²) in [5, 5.41) is 11.4. The Kier molecular flexibility index (Phi) is 8.08. The highest BCUT2D eigenvalue weighted by Gasteiger charge is 2.01. The molecule has 4 nitrogen and oxygen atoms in total. The van der Waals surface area contributed by atoms with E-state index in [0.29, 0.717) is 12.3 Å². The molecule has 18 heavy (non-hydrogen) atoms. The van der Waals surface area contributed by atoms with Gasteiger partial charge in [-0.25, -0.2) is 0 Å². The second kappa shape index (κ2) is 9.79. The van der Waals surface area contributed by atoms with E-state index in [2.05, 4.69) is 5.32 Å². The van der Waals surface area contributed by atoms with Crippen LogP contribution in [-0.4, -0.2) is 42.3 Å². The van der Waals surface area contributed by atoms with Crippen molar-refractivity contribution in [3.63, 3.8) is 0 Å². The first-order valence-electron chi connectivity index (χ1n) is 5.96. The molecule has 0 atom stereocenters. The quantitative estimate of drug-likeness (QED) is 0.663. The molecular formula is C13H19NO3S. The van der Waals surface area contributed by atoms with Gasteiger partial charge in [-0.3, -0.25) is 4.79 Å². The number of nitrogens with one attached hydrogen (secondary N) is 1. The van der Waals surface area contributed by atoms with E-state index in [1.54, 1.807) is 11.8 Å². The molecule has 0 spiro atoms. The van der Waals surface area contributed by atoms with E-state index in [4.69, 9.17) is 9.84 Å². The Morgan fingerprint density at radius 3 is 2.78 bits per heavy atom.